The summed E-state index contributed by atoms with van der Waals surface area (Å²) in [6.07, 6.45) is 0.890. The van der Waals surface area contributed by atoms with Gasteiger partial charge in [0, 0.05) is 25.8 Å². The van der Waals surface area contributed by atoms with Gasteiger partial charge in [0.15, 0.2) is 0 Å². The second kappa shape index (κ2) is 4.61. The number of hydrogen-bond acceptors (Lipinski definition) is 3. The van der Waals surface area contributed by atoms with Crippen LogP contribution in [-0.4, -0.2) is 35.4 Å². The molecule has 1 aromatic rings. The molecule has 0 spiro atoms. The van der Waals surface area contributed by atoms with Gasteiger partial charge in [0.25, 0.3) is 0 Å². The lowest BCUT2D eigenvalue weighted by atomic mass is 10.2. The average Bonchev–Trinajstić information content (AvgIpc) is 2.57. The first-order chi connectivity index (χ1) is 7.66. The fourth-order valence-electron chi connectivity index (χ4n) is 1.94. The van der Waals surface area contributed by atoms with Crippen LogP contribution in [0.1, 0.15) is 17.8 Å². The molecule has 16 heavy (non-hydrogen) atoms. The van der Waals surface area contributed by atoms with Gasteiger partial charge in [-0.05, 0) is 25.5 Å². The Morgan fingerprint density at radius 3 is 3.00 bits per heavy atom. The molecule has 0 aliphatic carbocycles. The molecule has 1 unspecified atom stereocenters. The summed E-state index contributed by atoms with van der Waals surface area (Å²) in [7, 11) is 1.84. The van der Waals surface area contributed by atoms with Crippen LogP contribution in [0.3, 0.4) is 0 Å². The highest BCUT2D eigenvalue weighted by Crippen LogP contribution is 2.09. The van der Waals surface area contributed by atoms with Crippen LogP contribution in [0, 0.1) is 6.92 Å². The van der Waals surface area contributed by atoms with E-state index in [0.717, 1.165) is 24.4 Å². The van der Waals surface area contributed by atoms with Gasteiger partial charge in [-0.1, -0.05) is 6.07 Å². The lowest BCUT2D eigenvalue weighted by Gasteiger charge is -2.11. The van der Waals surface area contributed by atoms with Crippen molar-refractivity contribution in [2.45, 2.75) is 25.9 Å². The second-order valence-corrected chi connectivity index (χ2v) is 4.25. The highest BCUT2D eigenvalue weighted by molar-refractivity contribution is 5.83. The van der Waals surface area contributed by atoms with Gasteiger partial charge in [0.1, 0.15) is 0 Å². The van der Waals surface area contributed by atoms with E-state index in [2.05, 4.69) is 10.3 Å². The summed E-state index contributed by atoms with van der Waals surface area (Å²) in [5.41, 5.74) is 2.00. The lowest BCUT2D eigenvalue weighted by molar-refractivity contribution is -0.128. The lowest BCUT2D eigenvalue weighted by Crippen LogP contribution is -2.36. The van der Waals surface area contributed by atoms with Gasteiger partial charge in [-0.2, -0.15) is 0 Å². The normalized spacial score (nSPS) is 20.5. The summed E-state index contributed by atoms with van der Waals surface area (Å²) in [5.74, 6) is 0.188. The molecule has 1 aliphatic rings. The third-order valence-electron chi connectivity index (χ3n) is 2.90. The molecule has 0 radical (unpaired) electrons. The van der Waals surface area contributed by atoms with Gasteiger partial charge in [0.05, 0.1) is 11.7 Å². The molecular formula is C12H17N3O. The quantitative estimate of drug-likeness (QED) is 0.814. The van der Waals surface area contributed by atoms with E-state index in [9.17, 15) is 4.79 Å². The first kappa shape index (κ1) is 11.1. The molecule has 4 nitrogen and oxygen atoms in total. The molecule has 1 amide bonds. The third kappa shape index (κ3) is 2.39. The largest absolute Gasteiger partial charge is 0.344 e. The molecule has 86 valence electrons. The maximum absolute atomic E-state index is 11.6. The van der Waals surface area contributed by atoms with Crippen LogP contribution < -0.4 is 5.32 Å². The Bertz CT molecular complexity index is 392. The van der Waals surface area contributed by atoms with E-state index in [1.165, 1.54) is 0 Å². The number of pyridine rings is 1. The van der Waals surface area contributed by atoms with Gasteiger partial charge < -0.3 is 10.2 Å². The number of amides is 1. The topological polar surface area (TPSA) is 45.2 Å². The minimum atomic E-state index is -0.0349. The smallest absolute Gasteiger partial charge is 0.239 e. The minimum absolute atomic E-state index is 0.0349. The number of aryl methyl sites for hydroxylation is 1. The summed E-state index contributed by atoms with van der Waals surface area (Å²) >= 11 is 0. The van der Waals surface area contributed by atoms with Crippen LogP contribution >= 0.6 is 0 Å². The molecule has 2 rings (SSSR count). The van der Waals surface area contributed by atoms with Crippen molar-refractivity contribution in [1.82, 2.24) is 15.2 Å². The predicted molar refractivity (Wildman–Crippen MR) is 61.9 cm³/mol. The van der Waals surface area contributed by atoms with E-state index in [4.69, 9.17) is 0 Å². The zero-order valence-electron chi connectivity index (χ0n) is 9.73. The maximum Gasteiger partial charge on any atom is 0.239 e. The Balaban J connectivity index is 1.90. The fraction of sp³-hybridized carbons (Fsp3) is 0.500. The van der Waals surface area contributed by atoms with Crippen LogP contribution in [0.25, 0.3) is 0 Å². The number of likely N-dealkylation sites (tertiary alicyclic amines) is 1. The molecular weight excluding hydrogens is 202 g/mol. The van der Waals surface area contributed by atoms with E-state index in [-0.39, 0.29) is 11.9 Å². The van der Waals surface area contributed by atoms with Crippen molar-refractivity contribution < 1.29 is 4.79 Å². The first-order valence-electron chi connectivity index (χ1n) is 5.58. The van der Waals surface area contributed by atoms with Crippen LogP contribution in [0.4, 0.5) is 0 Å². The maximum atomic E-state index is 11.6. The average molecular weight is 219 g/mol. The van der Waals surface area contributed by atoms with Crippen molar-refractivity contribution in [2.75, 3.05) is 13.6 Å². The Hall–Kier alpha value is -1.42. The minimum Gasteiger partial charge on any atom is -0.344 e. The summed E-state index contributed by atoms with van der Waals surface area (Å²) in [6, 6.07) is 5.90. The van der Waals surface area contributed by atoms with Crippen molar-refractivity contribution in [3.05, 3.63) is 29.6 Å². The highest BCUT2D eigenvalue weighted by atomic mass is 16.2. The van der Waals surface area contributed by atoms with E-state index in [1.807, 2.05) is 32.2 Å². The van der Waals surface area contributed by atoms with Crippen LogP contribution in [0.15, 0.2) is 18.2 Å². The molecule has 1 atom stereocenters. The molecule has 1 N–H and O–H groups in total. The summed E-state index contributed by atoms with van der Waals surface area (Å²) in [6.45, 7) is 3.47. The highest BCUT2D eigenvalue weighted by Gasteiger charge is 2.28. The van der Waals surface area contributed by atoms with E-state index in [1.54, 1.807) is 4.90 Å². The number of nitrogens with zero attached hydrogens (tertiary/aromatic N) is 2. The van der Waals surface area contributed by atoms with Gasteiger partial charge >= 0.3 is 0 Å². The molecule has 1 saturated heterocycles. The van der Waals surface area contributed by atoms with E-state index >= 15 is 0 Å². The molecule has 0 bridgehead atoms. The van der Waals surface area contributed by atoms with Crippen LogP contribution in [0.2, 0.25) is 0 Å². The number of carbonyl (C=O) groups is 1. The molecule has 2 heterocycles. The number of nitrogens with one attached hydrogen (secondary N) is 1. The Labute approximate surface area is 95.7 Å². The van der Waals surface area contributed by atoms with Gasteiger partial charge in [-0.3, -0.25) is 9.78 Å². The molecule has 0 aromatic carbocycles. The summed E-state index contributed by atoms with van der Waals surface area (Å²) in [4.78, 5) is 17.8. The van der Waals surface area contributed by atoms with Crippen LogP contribution in [-0.2, 0) is 11.3 Å². The van der Waals surface area contributed by atoms with E-state index < -0.39 is 0 Å². The third-order valence-corrected chi connectivity index (χ3v) is 2.90. The Kier molecular flexibility index (Phi) is 3.19. The second-order valence-electron chi connectivity index (χ2n) is 4.25. The van der Waals surface area contributed by atoms with Crippen molar-refractivity contribution >= 4 is 5.91 Å². The fourth-order valence-corrected chi connectivity index (χ4v) is 1.94. The summed E-state index contributed by atoms with van der Waals surface area (Å²) in [5, 5.41) is 3.25. The van der Waals surface area contributed by atoms with Gasteiger partial charge in [-0.15, -0.1) is 0 Å². The Morgan fingerprint density at radius 1 is 1.56 bits per heavy atom. The van der Waals surface area contributed by atoms with Gasteiger partial charge in [-0.25, -0.2) is 0 Å². The van der Waals surface area contributed by atoms with Crippen molar-refractivity contribution in [3.8, 4) is 0 Å². The number of carbonyl (C=O) groups excluding carboxylic acids is 1. The van der Waals surface area contributed by atoms with Crippen LogP contribution in [0.5, 0.6) is 0 Å². The number of hydrogen-bond donors (Lipinski definition) is 1. The molecule has 1 aromatic heterocycles. The van der Waals surface area contributed by atoms with Crippen molar-refractivity contribution in [1.29, 1.82) is 0 Å². The summed E-state index contributed by atoms with van der Waals surface area (Å²) < 4.78 is 0. The zero-order valence-corrected chi connectivity index (χ0v) is 9.73. The number of likely N-dealkylation sites (N-methyl/N-ethyl adjacent to an activating group) is 1. The molecule has 4 heteroatoms. The zero-order chi connectivity index (χ0) is 11.5. The monoisotopic (exact) mass is 219 g/mol. The predicted octanol–water partition coefficient (Wildman–Crippen LogP) is 0.710. The van der Waals surface area contributed by atoms with Crippen molar-refractivity contribution in [2.24, 2.45) is 0 Å². The SMILES string of the molecule is Cc1cccc(CNC2CCN(C)C2=O)n1. The Morgan fingerprint density at radius 2 is 2.38 bits per heavy atom. The molecule has 1 aliphatic heterocycles. The number of aromatic nitrogens is 1. The molecule has 0 saturated carbocycles. The van der Waals surface area contributed by atoms with Crippen molar-refractivity contribution in [3.63, 3.8) is 0 Å². The van der Waals surface area contributed by atoms with Gasteiger partial charge in [0.2, 0.25) is 5.91 Å². The standard InChI is InChI=1S/C12H17N3O/c1-9-4-3-5-10(14-9)8-13-11-6-7-15(2)12(11)16/h3-5,11,13H,6-8H2,1-2H3. The number of rotatable bonds is 3. The first-order valence-corrected chi connectivity index (χ1v) is 5.58. The molecule has 1 fully saturated rings. The van der Waals surface area contributed by atoms with E-state index in [0.29, 0.717) is 6.54 Å².